The number of aromatic nitrogens is 1. The summed E-state index contributed by atoms with van der Waals surface area (Å²) in [6.07, 6.45) is 1.68. The van der Waals surface area contributed by atoms with Gasteiger partial charge in [0, 0.05) is 41.3 Å². The summed E-state index contributed by atoms with van der Waals surface area (Å²) in [4.78, 5) is 24.9. The van der Waals surface area contributed by atoms with Crippen LogP contribution in [0.5, 0.6) is 11.5 Å². The predicted molar refractivity (Wildman–Crippen MR) is 96.7 cm³/mol. The van der Waals surface area contributed by atoms with Crippen molar-refractivity contribution in [1.29, 1.82) is 0 Å². The summed E-state index contributed by atoms with van der Waals surface area (Å²) in [6.45, 7) is 0. The SMILES string of the molecule is COc1cc(OC)cc(C(=O)Nc2cccc3c(=O)n(C)ccc23)c1. The van der Waals surface area contributed by atoms with Crippen LogP contribution in [0.2, 0.25) is 0 Å². The zero-order chi connectivity index (χ0) is 18.0. The summed E-state index contributed by atoms with van der Waals surface area (Å²) >= 11 is 0. The highest BCUT2D eigenvalue weighted by atomic mass is 16.5. The number of pyridine rings is 1. The molecule has 0 radical (unpaired) electrons. The van der Waals surface area contributed by atoms with E-state index in [2.05, 4.69) is 5.32 Å². The van der Waals surface area contributed by atoms with Gasteiger partial charge in [-0.05, 0) is 30.3 Å². The van der Waals surface area contributed by atoms with Crippen molar-refractivity contribution in [2.24, 2.45) is 7.05 Å². The van der Waals surface area contributed by atoms with E-state index in [4.69, 9.17) is 9.47 Å². The summed E-state index contributed by atoms with van der Waals surface area (Å²) < 4.78 is 11.9. The van der Waals surface area contributed by atoms with E-state index in [1.165, 1.54) is 18.8 Å². The number of nitrogens with zero attached hydrogens (tertiary/aromatic N) is 1. The summed E-state index contributed by atoms with van der Waals surface area (Å²) in [7, 11) is 4.74. The molecule has 1 amide bonds. The number of anilines is 1. The quantitative estimate of drug-likeness (QED) is 0.794. The topological polar surface area (TPSA) is 69.6 Å². The van der Waals surface area contributed by atoms with E-state index in [1.807, 2.05) is 0 Å². The number of hydrogen-bond donors (Lipinski definition) is 1. The van der Waals surface area contributed by atoms with E-state index in [1.54, 1.807) is 55.7 Å². The first-order valence-corrected chi connectivity index (χ1v) is 7.66. The van der Waals surface area contributed by atoms with Crippen molar-refractivity contribution in [2.45, 2.75) is 0 Å². The number of aryl methyl sites for hydroxylation is 1. The number of amides is 1. The Morgan fingerprint density at radius 3 is 2.32 bits per heavy atom. The lowest BCUT2D eigenvalue weighted by Gasteiger charge is -2.11. The van der Waals surface area contributed by atoms with Gasteiger partial charge in [0.05, 0.1) is 14.2 Å². The standard InChI is InChI=1S/C19H18N2O4/c1-21-8-7-15-16(19(21)23)5-4-6-17(15)20-18(22)12-9-13(24-2)11-14(10-12)25-3/h4-11H,1-3H3,(H,20,22). The number of nitrogens with one attached hydrogen (secondary N) is 1. The number of fused-ring (bicyclic) bond motifs is 1. The first-order chi connectivity index (χ1) is 12.0. The average molecular weight is 338 g/mol. The molecule has 0 spiro atoms. The van der Waals surface area contributed by atoms with Crippen LogP contribution in [-0.4, -0.2) is 24.7 Å². The molecule has 0 aliphatic rings. The Balaban J connectivity index is 2.01. The monoisotopic (exact) mass is 338 g/mol. The maximum Gasteiger partial charge on any atom is 0.258 e. The van der Waals surface area contributed by atoms with E-state index < -0.39 is 0 Å². The minimum atomic E-state index is -0.314. The second-order valence-electron chi connectivity index (χ2n) is 5.55. The van der Waals surface area contributed by atoms with Crippen LogP contribution in [0.3, 0.4) is 0 Å². The average Bonchev–Trinajstić information content (AvgIpc) is 2.64. The second-order valence-corrected chi connectivity index (χ2v) is 5.55. The highest BCUT2D eigenvalue weighted by Crippen LogP contribution is 2.25. The minimum absolute atomic E-state index is 0.114. The number of carbonyl (C=O) groups is 1. The molecule has 6 heteroatoms. The van der Waals surface area contributed by atoms with Crippen LogP contribution in [0.25, 0.3) is 10.8 Å². The van der Waals surface area contributed by atoms with Gasteiger partial charge in [0.15, 0.2) is 0 Å². The maximum atomic E-state index is 12.6. The van der Waals surface area contributed by atoms with Gasteiger partial charge in [-0.15, -0.1) is 0 Å². The maximum absolute atomic E-state index is 12.6. The smallest absolute Gasteiger partial charge is 0.258 e. The molecule has 0 saturated carbocycles. The van der Waals surface area contributed by atoms with Crippen molar-refractivity contribution >= 4 is 22.4 Å². The number of benzene rings is 2. The zero-order valence-corrected chi connectivity index (χ0v) is 14.2. The molecule has 0 bridgehead atoms. The molecule has 3 rings (SSSR count). The fourth-order valence-corrected chi connectivity index (χ4v) is 2.62. The molecule has 6 nitrogen and oxygen atoms in total. The van der Waals surface area contributed by atoms with Crippen LogP contribution in [-0.2, 0) is 7.05 Å². The van der Waals surface area contributed by atoms with Crippen LogP contribution in [0.1, 0.15) is 10.4 Å². The van der Waals surface area contributed by atoms with Gasteiger partial charge in [-0.3, -0.25) is 9.59 Å². The molecular formula is C19H18N2O4. The lowest BCUT2D eigenvalue weighted by molar-refractivity contribution is 0.102. The molecule has 25 heavy (non-hydrogen) atoms. The largest absolute Gasteiger partial charge is 0.497 e. The highest BCUT2D eigenvalue weighted by Gasteiger charge is 2.12. The van der Waals surface area contributed by atoms with Crippen molar-refractivity contribution in [3.05, 3.63) is 64.6 Å². The molecule has 2 aromatic carbocycles. The third kappa shape index (κ3) is 3.19. The molecule has 1 heterocycles. The Morgan fingerprint density at radius 1 is 1.00 bits per heavy atom. The Hall–Kier alpha value is -3.28. The van der Waals surface area contributed by atoms with Gasteiger partial charge in [-0.25, -0.2) is 0 Å². The van der Waals surface area contributed by atoms with Crippen LogP contribution in [0, 0.1) is 0 Å². The highest BCUT2D eigenvalue weighted by molar-refractivity contribution is 6.09. The lowest BCUT2D eigenvalue weighted by Crippen LogP contribution is -2.17. The number of carbonyl (C=O) groups excluding carboxylic acids is 1. The van der Waals surface area contributed by atoms with Crippen LogP contribution < -0.4 is 20.3 Å². The van der Waals surface area contributed by atoms with Gasteiger partial charge < -0.3 is 19.4 Å². The fraction of sp³-hybridized carbons (Fsp3) is 0.158. The third-order valence-electron chi connectivity index (χ3n) is 3.98. The Labute approximate surface area is 144 Å². The molecule has 0 saturated heterocycles. The molecule has 0 fully saturated rings. The predicted octanol–water partition coefficient (Wildman–Crippen LogP) is 2.81. The van der Waals surface area contributed by atoms with Crippen LogP contribution in [0.15, 0.2) is 53.5 Å². The molecular weight excluding hydrogens is 320 g/mol. The third-order valence-corrected chi connectivity index (χ3v) is 3.98. The molecule has 0 aliphatic heterocycles. The van der Waals surface area contributed by atoms with Gasteiger partial charge in [-0.2, -0.15) is 0 Å². The molecule has 0 aliphatic carbocycles. The van der Waals surface area contributed by atoms with Crippen LogP contribution >= 0.6 is 0 Å². The second kappa shape index (κ2) is 6.68. The normalized spacial score (nSPS) is 10.5. The van der Waals surface area contributed by atoms with Crippen molar-refractivity contribution in [3.63, 3.8) is 0 Å². The molecule has 0 unspecified atom stereocenters. The van der Waals surface area contributed by atoms with E-state index >= 15 is 0 Å². The number of ether oxygens (including phenoxy) is 2. The minimum Gasteiger partial charge on any atom is -0.497 e. The number of methoxy groups -OCH3 is 2. The molecule has 1 N–H and O–H groups in total. The summed E-state index contributed by atoms with van der Waals surface area (Å²) in [6, 6.07) is 12.0. The van der Waals surface area contributed by atoms with Crippen molar-refractivity contribution in [1.82, 2.24) is 4.57 Å². The van der Waals surface area contributed by atoms with Crippen molar-refractivity contribution < 1.29 is 14.3 Å². The Morgan fingerprint density at radius 2 is 1.68 bits per heavy atom. The number of hydrogen-bond acceptors (Lipinski definition) is 4. The van der Waals surface area contributed by atoms with E-state index in [-0.39, 0.29) is 11.5 Å². The van der Waals surface area contributed by atoms with Crippen molar-refractivity contribution in [3.8, 4) is 11.5 Å². The van der Waals surface area contributed by atoms with Gasteiger partial charge in [0.1, 0.15) is 11.5 Å². The van der Waals surface area contributed by atoms with Gasteiger partial charge >= 0.3 is 0 Å². The lowest BCUT2D eigenvalue weighted by atomic mass is 10.1. The fourth-order valence-electron chi connectivity index (χ4n) is 2.62. The Bertz CT molecular complexity index is 986. The van der Waals surface area contributed by atoms with Gasteiger partial charge in [0.25, 0.3) is 11.5 Å². The van der Waals surface area contributed by atoms with Crippen molar-refractivity contribution in [2.75, 3.05) is 19.5 Å². The van der Waals surface area contributed by atoms with Gasteiger partial charge in [0.2, 0.25) is 0 Å². The molecule has 0 atom stereocenters. The first-order valence-electron chi connectivity index (χ1n) is 7.66. The summed E-state index contributed by atoms with van der Waals surface area (Å²) in [5.74, 6) is 0.734. The first kappa shape index (κ1) is 16.6. The summed E-state index contributed by atoms with van der Waals surface area (Å²) in [5.41, 5.74) is 0.857. The van der Waals surface area contributed by atoms with Gasteiger partial charge in [-0.1, -0.05) is 6.07 Å². The van der Waals surface area contributed by atoms with E-state index in [0.29, 0.717) is 33.5 Å². The molecule has 3 aromatic rings. The molecule has 128 valence electrons. The van der Waals surface area contributed by atoms with E-state index in [0.717, 1.165) is 0 Å². The van der Waals surface area contributed by atoms with Crippen LogP contribution in [0.4, 0.5) is 5.69 Å². The van der Waals surface area contributed by atoms with E-state index in [9.17, 15) is 9.59 Å². The molecule has 1 aromatic heterocycles. The number of rotatable bonds is 4. The summed E-state index contributed by atoms with van der Waals surface area (Å²) in [5, 5.41) is 4.09. The zero-order valence-electron chi connectivity index (χ0n) is 14.2. The Kier molecular flexibility index (Phi) is 4.43.